The molecule has 134 valence electrons. The molecule has 0 aliphatic rings. The zero-order valence-corrected chi connectivity index (χ0v) is 13.9. The molecule has 2 aromatic carbocycles. The van der Waals surface area contributed by atoms with Gasteiger partial charge in [-0.2, -0.15) is 0 Å². The zero-order chi connectivity index (χ0) is 18.7. The van der Waals surface area contributed by atoms with Crippen LogP contribution in [0.15, 0.2) is 60.7 Å². The average Bonchev–Trinajstić information content (AvgIpc) is 2.61. The van der Waals surface area contributed by atoms with E-state index in [9.17, 15) is 9.59 Å². The van der Waals surface area contributed by atoms with Gasteiger partial charge in [-0.1, -0.05) is 60.7 Å². The van der Waals surface area contributed by atoms with Crippen molar-refractivity contribution >= 4 is 11.9 Å². The molecule has 0 saturated heterocycles. The van der Waals surface area contributed by atoms with Gasteiger partial charge in [0.05, 0.1) is 0 Å². The summed E-state index contributed by atoms with van der Waals surface area (Å²) < 4.78 is 0. The van der Waals surface area contributed by atoms with E-state index in [1.165, 1.54) is 0 Å². The fourth-order valence-corrected chi connectivity index (χ4v) is 2.05. The number of hydrogen-bond donors (Lipinski definition) is 4. The van der Waals surface area contributed by atoms with Crippen molar-refractivity contribution in [2.24, 2.45) is 11.5 Å². The van der Waals surface area contributed by atoms with Crippen LogP contribution in [0.4, 0.5) is 0 Å². The first-order valence-corrected chi connectivity index (χ1v) is 7.94. The van der Waals surface area contributed by atoms with E-state index in [2.05, 4.69) is 0 Å². The van der Waals surface area contributed by atoms with E-state index in [4.69, 9.17) is 21.7 Å². The third-order valence-electron chi connectivity index (χ3n) is 3.52. The molecule has 0 fully saturated rings. The lowest BCUT2D eigenvalue weighted by molar-refractivity contribution is -0.139. The summed E-state index contributed by atoms with van der Waals surface area (Å²) >= 11 is 0. The van der Waals surface area contributed by atoms with Gasteiger partial charge in [0.25, 0.3) is 0 Å². The fraction of sp³-hybridized carbons (Fsp3) is 0.263. The Bertz CT molecular complexity index is 647. The molecule has 0 amide bonds. The molecule has 0 unspecified atom stereocenters. The van der Waals surface area contributed by atoms with Crippen molar-refractivity contribution in [2.45, 2.75) is 31.3 Å². The van der Waals surface area contributed by atoms with Crippen LogP contribution in [0.1, 0.15) is 17.5 Å². The van der Waals surface area contributed by atoms with E-state index in [-0.39, 0.29) is 0 Å². The Kier molecular flexibility index (Phi) is 8.92. The van der Waals surface area contributed by atoms with Crippen LogP contribution in [0.25, 0.3) is 0 Å². The summed E-state index contributed by atoms with van der Waals surface area (Å²) in [6.07, 6.45) is 1.59. The Morgan fingerprint density at radius 1 is 0.760 bits per heavy atom. The molecule has 25 heavy (non-hydrogen) atoms. The van der Waals surface area contributed by atoms with Gasteiger partial charge in [0, 0.05) is 0 Å². The van der Waals surface area contributed by atoms with Crippen LogP contribution >= 0.6 is 0 Å². The minimum Gasteiger partial charge on any atom is -0.480 e. The first-order chi connectivity index (χ1) is 11.9. The van der Waals surface area contributed by atoms with Gasteiger partial charge < -0.3 is 21.7 Å². The Labute approximate surface area is 147 Å². The molecule has 2 rings (SSSR count). The first kappa shape index (κ1) is 20.3. The van der Waals surface area contributed by atoms with Crippen LogP contribution in [0.5, 0.6) is 0 Å². The van der Waals surface area contributed by atoms with E-state index < -0.39 is 24.0 Å². The third kappa shape index (κ3) is 8.64. The lowest BCUT2D eigenvalue weighted by Gasteiger charge is -2.05. The van der Waals surface area contributed by atoms with Gasteiger partial charge in [-0.05, 0) is 30.4 Å². The molecule has 0 radical (unpaired) electrons. The molecule has 0 aromatic heterocycles. The van der Waals surface area contributed by atoms with E-state index >= 15 is 0 Å². The fourth-order valence-electron chi connectivity index (χ4n) is 2.05. The van der Waals surface area contributed by atoms with Crippen molar-refractivity contribution in [3.63, 3.8) is 0 Å². The molecule has 0 bridgehead atoms. The number of aliphatic carboxylic acids is 2. The van der Waals surface area contributed by atoms with Gasteiger partial charge in [0.1, 0.15) is 12.1 Å². The van der Waals surface area contributed by atoms with Crippen molar-refractivity contribution in [2.75, 3.05) is 0 Å². The predicted octanol–water partition coefficient (Wildman–Crippen LogP) is 1.67. The standard InChI is InChI=1S/C10H13NO2.C9H11NO2/c11-9(10(12)13)7-6-8-4-2-1-3-5-8;10-8(9(11)12)6-7-4-2-1-3-5-7/h1-5,9H,6-7,11H2,(H,12,13);1-5,8H,6,10H2,(H,11,12)/t9-;8-/m00/s1. The SMILES string of the molecule is N[C@@H](CCc1ccccc1)C(=O)O.N[C@@H](Cc1ccccc1)C(=O)O. The lowest BCUT2D eigenvalue weighted by Crippen LogP contribution is -2.32. The number of carboxylic acids is 2. The summed E-state index contributed by atoms with van der Waals surface area (Å²) in [6.45, 7) is 0. The molecular formula is C19H24N2O4. The van der Waals surface area contributed by atoms with Gasteiger partial charge in [0.2, 0.25) is 0 Å². The number of carbonyl (C=O) groups is 2. The average molecular weight is 344 g/mol. The quantitative estimate of drug-likeness (QED) is 0.605. The molecule has 0 spiro atoms. The number of nitrogens with two attached hydrogens (primary N) is 2. The van der Waals surface area contributed by atoms with E-state index in [1.54, 1.807) is 0 Å². The molecule has 6 nitrogen and oxygen atoms in total. The molecule has 0 aliphatic heterocycles. The van der Waals surface area contributed by atoms with Gasteiger partial charge in [-0.3, -0.25) is 9.59 Å². The highest BCUT2D eigenvalue weighted by Gasteiger charge is 2.11. The maximum Gasteiger partial charge on any atom is 0.320 e. The highest BCUT2D eigenvalue weighted by molar-refractivity contribution is 5.73. The molecule has 6 heteroatoms. The Morgan fingerprint density at radius 3 is 1.64 bits per heavy atom. The van der Waals surface area contributed by atoms with Gasteiger partial charge in [-0.15, -0.1) is 0 Å². The van der Waals surface area contributed by atoms with Crippen LogP contribution in [0, 0.1) is 0 Å². The topological polar surface area (TPSA) is 127 Å². The Hall–Kier alpha value is -2.70. The summed E-state index contributed by atoms with van der Waals surface area (Å²) in [5.41, 5.74) is 12.8. The molecule has 6 N–H and O–H groups in total. The van der Waals surface area contributed by atoms with Crippen LogP contribution in [-0.4, -0.2) is 34.2 Å². The molecule has 2 atom stereocenters. The second kappa shape index (κ2) is 11.0. The molecule has 0 saturated carbocycles. The summed E-state index contributed by atoms with van der Waals surface area (Å²) in [6, 6.07) is 17.5. The first-order valence-electron chi connectivity index (χ1n) is 7.94. The molecule has 0 heterocycles. The maximum absolute atomic E-state index is 10.4. The number of benzene rings is 2. The number of hydrogen-bond acceptors (Lipinski definition) is 4. The normalized spacial score (nSPS) is 12.4. The van der Waals surface area contributed by atoms with Crippen LogP contribution in [0.3, 0.4) is 0 Å². The third-order valence-corrected chi connectivity index (χ3v) is 3.52. The van der Waals surface area contributed by atoms with E-state index in [0.29, 0.717) is 19.3 Å². The minimum atomic E-state index is -0.959. The van der Waals surface area contributed by atoms with Crippen molar-refractivity contribution in [3.8, 4) is 0 Å². The van der Waals surface area contributed by atoms with Crippen molar-refractivity contribution in [1.29, 1.82) is 0 Å². The second-order valence-corrected chi connectivity index (χ2v) is 5.60. The van der Waals surface area contributed by atoms with Gasteiger partial charge >= 0.3 is 11.9 Å². The lowest BCUT2D eigenvalue weighted by atomic mass is 10.1. The summed E-state index contributed by atoms with van der Waals surface area (Å²) in [7, 11) is 0. The molecule has 0 aliphatic carbocycles. The monoisotopic (exact) mass is 344 g/mol. The second-order valence-electron chi connectivity index (χ2n) is 5.60. The van der Waals surface area contributed by atoms with E-state index in [0.717, 1.165) is 11.1 Å². The van der Waals surface area contributed by atoms with Crippen molar-refractivity contribution < 1.29 is 19.8 Å². The van der Waals surface area contributed by atoms with Crippen LogP contribution in [-0.2, 0) is 22.4 Å². The zero-order valence-electron chi connectivity index (χ0n) is 13.9. The smallest absolute Gasteiger partial charge is 0.320 e. The van der Waals surface area contributed by atoms with Crippen LogP contribution in [0.2, 0.25) is 0 Å². The van der Waals surface area contributed by atoms with E-state index in [1.807, 2.05) is 60.7 Å². The summed E-state index contributed by atoms with van der Waals surface area (Å²) in [5, 5.41) is 17.1. The number of carboxylic acid groups (broad SMARTS) is 2. The summed E-state index contributed by atoms with van der Waals surface area (Å²) in [5.74, 6) is -1.89. The maximum atomic E-state index is 10.4. The summed E-state index contributed by atoms with van der Waals surface area (Å²) in [4.78, 5) is 20.8. The predicted molar refractivity (Wildman–Crippen MR) is 96.1 cm³/mol. The van der Waals surface area contributed by atoms with Crippen molar-refractivity contribution in [1.82, 2.24) is 0 Å². The highest BCUT2D eigenvalue weighted by Crippen LogP contribution is 2.04. The Morgan fingerprint density at radius 2 is 1.20 bits per heavy atom. The number of rotatable bonds is 7. The Balaban J connectivity index is 0.000000251. The number of aryl methyl sites for hydroxylation is 1. The largest absolute Gasteiger partial charge is 0.480 e. The molecular weight excluding hydrogens is 320 g/mol. The minimum absolute atomic E-state index is 0.385. The van der Waals surface area contributed by atoms with Crippen LogP contribution < -0.4 is 11.5 Å². The van der Waals surface area contributed by atoms with Gasteiger partial charge in [0.15, 0.2) is 0 Å². The highest BCUT2D eigenvalue weighted by atomic mass is 16.4. The van der Waals surface area contributed by atoms with Crippen molar-refractivity contribution in [3.05, 3.63) is 71.8 Å². The molecule has 2 aromatic rings. The van der Waals surface area contributed by atoms with Gasteiger partial charge in [-0.25, -0.2) is 0 Å².